The van der Waals surface area contributed by atoms with Crippen molar-refractivity contribution in [3.8, 4) is 0 Å². The fourth-order valence-electron chi connectivity index (χ4n) is 2.09. The highest BCUT2D eigenvalue weighted by Gasteiger charge is 2.14. The van der Waals surface area contributed by atoms with Gasteiger partial charge in [0.15, 0.2) is 0 Å². The zero-order valence-electron chi connectivity index (χ0n) is 14.3. The lowest BCUT2D eigenvalue weighted by Crippen LogP contribution is -2.22. The molecule has 0 aliphatic rings. The van der Waals surface area contributed by atoms with Crippen molar-refractivity contribution in [3.63, 3.8) is 0 Å². The number of benzene rings is 1. The topological polar surface area (TPSA) is 88.3 Å². The molecule has 6 nitrogen and oxygen atoms in total. The lowest BCUT2D eigenvalue weighted by molar-refractivity contribution is 0.0817. The van der Waals surface area contributed by atoms with Crippen LogP contribution in [0.3, 0.4) is 0 Å². The second-order valence-corrected chi connectivity index (χ2v) is 12.6. The first-order chi connectivity index (χ1) is 11.4. The van der Waals surface area contributed by atoms with Crippen molar-refractivity contribution in [2.24, 2.45) is 11.7 Å². The summed E-state index contributed by atoms with van der Waals surface area (Å²) >= 11 is 11.0. The van der Waals surface area contributed by atoms with Gasteiger partial charge in [0.2, 0.25) is 0 Å². The largest absolute Gasteiger partial charge is 0.485 e. The Bertz CT molecular complexity index is 661. The van der Waals surface area contributed by atoms with Gasteiger partial charge in [-0.2, -0.15) is 5.10 Å². The molecule has 9 heteroatoms. The van der Waals surface area contributed by atoms with Crippen molar-refractivity contribution in [3.05, 3.63) is 28.9 Å². The standard InChI is InChI=1S/C15H21ClN2O2SSi.H4N2/c1-22(2,3)7-6-19-10-18-15-13(8-17-18)12(9-20-11-21)4-5-14(15)16;1-2/h4-5,8,11H,6-7,9-10H2,1-3H3;1-2H2. The quantitative estimate of drug-likeness (QED) is 0.237. The van der Waals surface area contributed by atoms with Crippen LogP contribution in [0.5, 0.6) is 0 Å². The van der Waals surface area contributed by atoms with E-state index in [1.807, 2.05) is 12.1 Å². The molecule has 1 heterocycles. The van der Waals surface area contributed by atoms with Gasteiger partial charge in [-0.15, -0.1) is 0 Å². The van der Waals surface area contributed by atoms with E-state index in [1.54, 1.807) is 10.9 Å². The maximum Gasteiger partial charge on any atom is 0.146 e. The highest BCUT2D eigenvalue weighted by atomic mass is 35.5. The van der Waals surface area contributed by atoms with Crippen LogP contribution in [0.4, 0.5) is 0 Å². The number of hydrogen-bond donors (Lipinski definition) is 2. The molecule has 1 aromatic carbocycles. The Morgan fingerprint density at radius 3 is 2.67 bits per heavy atom. The van der Waals surface area contributed by atoms with Gasteiger partial charge in [-0.1, -0.05) is 37.3 Å². The first kappa shape index (κ1) is 21.0. The molecule has 0 spiro atoms. The van der Waals surface area contributed by atoms with Crippen LogP contribution in [0, 0.1) is 0 Å². The minimum absolute atomic E-state index is 0.408. The second kappa shape index (κ2) is 10.1. The van der Waals surface area contributed by atoms with E-state index in [9.17, 15) is 0 Å². The Morgan fingerprint density at radius 1 is 1.33 bits per heavy atom. The van der Waals surface area contributed by atoms with Gasteiger partial charge in [-0.3, -0.25) is 11.7 Å². The molecule has 134 valence electrons. The highest BCUT2D eigenvalue weighted by molar-refractivity contribution is 7.78. The molecule has 0 saturated carbocycles. The SMILES string of the molecule is C[Si](C)(C)CCOCn1ncc2c(COC=S)ccc(Cl)c21.NN. The summed E-state index contributed by atoms with van der Waals surface area (Å²) in [7, 11) is -1.08. The predicted molar refractivity (Wildman–Crippen MR) is 106 cm³/mol. The molecule has 0 atom stereocenters. The summed E-state index contributed by atoms with van der Waals surface area (Å²) in [5.41, 5.74) is 3.15. The number of aromatic nitrogens is 2. The molecule has 2 aromatic rings. The van der Waals surface area contributed by atoms with Gasteiger partial charge in [0.05, 0.1) is 16.7 Å². The monoisotopic (exact) mass is 388 g/mol. The fourth-order valence-corrected chi connectivity index (χ4v) is 3.18. The minimum Gasteiger partial charge on any atom is -0.485 e. The summed E-state index contributed by atoms with van der Waals surface area (Å²) in [6.45, 7) is 8.57. The number of hydrogen-bond acceptors (Lipinski definition) is 6. The molecule has 0 radical (unpaired) electrons. The van der Waals surface area contributed by atoms with Gasteiger partial charge < -0.3 is 9.47 Å². The first-order valence-corrected chi connectivity index (χ1v) is 12.1. The van der Waals surface area contributed by atoms with E-state index >= 15 is 0 Å². The Labute approximate surface area is 154 Å². The molecular weight excluding hydrogens is 364 g/mol. The number of hydrazine groups is 1. The number of rotatable bonds is 8. The van der Waals surface area contributed by atoms with Crippen molar-refractivity contribution in [1.82, 2.24) is 9.78 Å². The molecule has 24 heavy (non-hydrogen) atoms. The summed E-state index contributed by atoms with van der Waals surface area (Å²) in [6.07, 6.45) is 1.80. The summed E-state index contributed by atoms with van der Waals surface area (Å²) in [5, 5.41) is 6.02. The smallest absolute Gasteiger partial charge is 0.146 e. The Hall–Kier alpha value is -1.03. The van der Waals surface area contributed by atoms with Crippen LogP contribution in [0.15, 0.2) is 18.3 Å². The number of halogens is 1. The molecule has 0 fully saturated rings. The van der Waals surface area contributed by atoms with E-state index in [0.717, 1.165) is 29.1 Å². The molecule has 2 rings (SSSR count). The van der Waals surface area contributed by atoms with Gasteiger partial charge in [0.1, 0.15) is 18.9 Å². The van der Waals surface area contributed by atoms with Crippen molar-refractivity contribution < 1.29 is 9.47 Å². The van der Waals surface area contributed by atoms with E-state index in [2.05, 4.69) is 36.4 Å². The van der Waals surface area contributed by atoms with Crippen LogP contribution >= 0.6 is 23.8 Å². The molecule has 0 aliphatic carbocycles. The van der Waals surface area contributed by atoms with Gasteiger partial charge in [-0.25, -0.2) is 4.68 Å². The predicted octanol–water partition coefficient (Wildman–Crippen LogP) is 3.29. The molecule has 0 saturated heterocycles. The van der Waals surface area contributed by atoms with E-state index in [0.29, 0.717) is 18.4 Å². The highest BCUT2D eigenvalue weighted by Crippen LogP contribution is 2.27. The second-order valence-electron chi connectivity index (χ2n) is 6.37. The van der Waals surface area contributed by atoms with E-state index in [4.69, 9.17) is 33.3 Å². The van der Waals surface area contributed by atoms with Crippen molar-refractivity contribution in [1.29, 1.82) is 0 Å². The summed E-state index contributed by atoms with van der Waals surface area (Å²) in [4.78, 5) is 0. The normalized spacial score (nSPS) is 11.1. The van der Waals surface area contributed by atoms with Crippen molar-refractivity contribution in [2.75, 3.05) is 6.61 Å². The number of nitrogens with zero attached hydrogens (tertiary/aromatic N) is 2. The minimum atomic E-state index is -1.08. The summed E-state index contributed by atoms with van der Waals surface area (Å²) in [6, 6.07) is 4.92. The molecule has 4 N–H and O–H groups in total. The Morgan fingerprint density at radius 2 is 2.04 bits per heavy atom. The first-order valence-electron chi connectivity index (χ1n) is 7.51. The van der Waals surface area contributed by atoms with Crippen LogP contribution in [0.25, 0.3) is 10.9 Å². The molecule has 0 unspecified atom stereocenters. The Kier molecular flexibility index (Phi) is 8.82. The Balaban J connectivity index is 0.00000139. The lowest BCUT2D eigenvalue weighted by atomic mass is 10.1. The van der Waals surface area contributed by atoms with Gasteiger partial charge in [-0.05, 0) is 24.3 Å². The van der Waals surface area contributed by atoms with E-state index < -0.39 is 8.07 Å². The van der Waals surface area contributed by atoms with Crippen LogP contribution in [0.1, 0.15) is 5.56 Å². The number of thiocarbonyl (C=S) groups is 1. The fraction of sp³-hybridized carbons (Fsp3) is 0.467. The average Bonchev–Trinajstić information content (AvgIpc) is 2.97. The van der Waals surface area contributed by atoms with Crippen molar-refractivity contribution in [2.45, 2.75) is 39.0 Å². The number of fused-ring (bicyclic) bond motifs is 1. The van der Waals surface area contributed by atoms with E-state index in [-0.39, 0.29) is 0 Å². The molecule has 0 bridgehead atoms. The third-order valence-corrected chi connectivity index (χ3v) is 5.50. The van der Waals surface area contributed by atoms with Gasteiger partial charge >= 0.3 is 0 Å². The zero-order chi connectivity index (χ0) is 18.2. The van der Waals surface area contributed by atoms with Crippen molar-refractivity contribution >= 4 is 48.3 Å². The lowest BCUT2D eigenvalue weighted by Gasteiger charge is -2.15. The van der Waals surface area contributed by atoms with Crippen LogP contribution in [0.2, 0.25) is 30.7 Å². The average molecular weight is 389 g/mol. The molecule has 0 amide bonds. The third kappa shape index (κ3) is 6.12. The zero-order valence-corrected chi connectivity index (χ0v) is 16.9. The maximum atomic E-state index is 6.32. The van der Waals surface area contributed by atoms with Gasteiger partial charge in [0, 0.05) is 25.6 Å². The summed E-state index contributed by atoms with van der Waals surface area (Å²) in [5.74, 6) is 8.00. The molecule has 1 aromatic heterocycles. The number of ether oxygens (including phenoxy) is 2. The summed E-state index contributed by atoms with van der Waals surface area (Å²) < 4.78 is 12.8. The van der Waals surface area contributed by atoms with Crippen LogP contribution in [-0.4, -0.2) is 30.0 Å². The number of nitrogens with two attached hydrogens (primary N) is 2. The third-order valence-electron chi connectivity index (χ3n) is 3.36. The molecular formula is C15H25ClN4O2SSi. The van der Waals surface area contributed by atoms with E-state index in [1.165, 1.54) is 5.55 Å². The maximum absolute atomic E-state index is 6.32. The van der Waals surface area contributed by atoms with Crippen LogP contribution < -0.4 is 11.7 Å². The van der Waals surface area contributed by atoms with Crippen LogP contribution in [-0.2, 0) is 22.8 Å². The molecule has 0 aliphatic heterocycles. The van der Waals surface area contributed by atoms with Gasteiger partial charge in [0.25, 0.3) is 0 Å².